The fourth-order valence-electron chi connectivity index (χ4n) is 3.39. The van der Waals surface area contributed by atoms with Gasteiger partial charge in [-0.15, -0.1) is 0 Å². The quantitative estimate of drug-likeness (QED) is 0.434. The molecule has 1 N–H and O–H groups in total. The van der Waals surface area contributed by atoms with Crippen molar-refractivity contribution in [2.75, 3.05) is 5.32 Å². The number of amides is 1. The van der Waals surface area contributed by atoms with E-state index in [2.05, 4.69) is 5.32 Å². The van der Waals surface area contributed by atoms with E-state index in [1.165, 1.54) is 0 Å². The first kappa shape index (κ1) is 20.4. The topological polar surface area (TPSA) is 57.8 Å². The third-order valence-corrected chi connectivity index (χ3v) is 5.18. The van der Waals surface area contributed by atoms with Crippen LogP contribution in [0.3, 0.4) is 0 Å². The van der Waals surface area contributed by atoms with E-state index in [0.717, 1.165) is 33.8 Å². The van der Waals surface area contributed by atoms with Crippen molar-refractivity contribution >= 4 is 29.3 Å². The zero-order chi connectivity index (χ0) is 21.1. The van der Waals surface area contributed by atoms with Crippen LogP contribution in [0.25, 0.3) is 11.8 Å². The number of hydrogen-bond donors (Lipinski definition) is 1. The monoisotopic (exact) mass is 403 g/mol. The summed E-state index contributed by atoms with van der Waals surface area (Å²) in [4.78, 5) is 12.7. The average Bonchev–Trinajstić information content (AvgIpc) is 2.95. The molecule has 0 aliphatic carbocycles. The number of para-hydroxylation sites is 1. The molecule has 146 valence electrons. The van der Waals surface area contributed by atoms with Crippen molar-refractivity contribution in [3.05, 3.63) is 87.2 Å². The third kappa shape index (κ3) is 4.26. The highest BCUT2D eigenvalue weighted by Crippen LogP contribution is 2.27. The summed E-state index contributed by atoms with van der Waals surface area (Å²) in [6.07, 6.45) is 1.62. The fraction of sp³-hybridized carbons (Fsp3) is 0.167. The Kier molecular flexibility index (Phi) is 5.91. The van der Waals surface area contributed by atoms with Crippen LogP contribution in [0, 0.1) is 39.0 Å². The Morgan fingerprint density at radius 2 is 1.83 bits per heavy atom. The molecule has 4 nitrogen and oxygen atoms in total. The van der Waals surface area contributed by atoms with Crippen LogP contribution >= 0.6 is 11.6 Å². The summed E-state index contributed by atoms with van der Waals surface area (Å²) in [5, 5.41) is 13.0. The molecular formula is C24H22ClN3O. The number of aryl methyl sites for hydroxylation is 3. The smallest absolute Gasteiger partial charge is 0.266 e. The Balaban J connectivity index is 1.96. The fourth-order valence-corrected chi connectivity index (χ4v) is 3.61. The number of halogens is 1. The number of hydrogen-bond acceptors (Lipinski definition) is 2. The van der Waals surface area contributed by atoms with Gasteiger partial charge in [-0.05, 0) is 69.2 Å². The number of rotatable bonds is 4. The molecule has 0 aliphatic heterocycles. The molecule has 3 rings (SSSR count). The summed E-state index contributed by atoms with van der Waals surface area (Å²) in [6.45, 7) is 7.83. The number of nitrogens with zero attached hydrogens (tertiary/aromatic N) is 2. The van der Waals surface area contributed by atoms with Gasteiger partial charge < -0.3 is 9.88 Å². The van der Waals surface area contributed by atoms with Gasteiger partial charge in [0.1, 0.15) is 11.6 Å². The predicted octanol–water partition coefficient (Wildman–Crippen LogP) is 5.91. The molecule has 0 saturated heterocycles. The lowest BCUT2D eigenvalue weighted by Crippen LogP contribution is -2.14. The van der Waals surface area contributed by atoms with Gasteiger partial charge in [0.15, 0.2) is 0 Å². The minimum Gasteiger partial charge on any atom is -0.321 e. The summed E-state index contributed by atoms with van der Waals surface area (Å²) in [5.41, 5.74) is 6.34. The molecule has 0 bridgehead atoms. The number of nitriles is 1. The maximum atomic E-state index is 12.7. The maximum Gasteiger partial charge on any atom is 0.266 e. The molecule has 0 radical (unpaired) electrons. The van der Waals surface area contributed by atoms with Gasteiger partial charge in [0.25, 0.3) is 5.91 Å². The molecule has 3 aromatic rings. The molecule has 1 heterocycles. The molecule has 5 heteroatoms. The second-order valence-corrected chi connectivity index (χ2v) is 7.46. The number of benzene rings is 2. The van der Waals surface area contributed by atoms with Crippen molar-refractivity contribution < 1.29 is 4.79 Å². The Morgan fingerprint density at radius 3 is 2.48 bits per heavy atom. The maximum absolute atomic E-state index is 12.7. The van der Waals surface area contributed by atoms with Crippen LogP contribution in [0.2, 0.25) is 5.02 Å². The number of carbonyl (C=O) groups excluding carboxylic acids is 1. The normalized spacial score (nSPS) is 11.2. The van der Waals surface area contributed by atoms with Crippen molar-refractivity contribution in [1.29, 1.82) is 5.26 Å². The van der Waals surface area contributed by atoms with E-state index in [1.54, 1.807) is 6.08 Å². The first-order valence-corrected chi connectivity index (χ1v) is 9.64. The molecule has 0 fully saturated rings. The number of nitrogens with one attached hydrogen (secondary N) is 1. The predicted molar refractivity (Wildman–Crippen MR) is 118 cm³/mol. The molecule has 0 aliphatic rings. The van der Waals surface area contributed by atoms with Gasteiger partial charge in [0, 0.05) is 17.1 Å². The summed E-state index contributed by atoms with van der Waals surface area (Å²) in [7, 11) is 0. The lowest BCUT2D eigenvalue weighted by molar-refractivity contribution is -0.112. The highest BCUT2D eigenvalue weighted by molar-refractivity contribution is 6.32. The lowest BCUT2D eigenvalue weighted by Gasteiger charge is -2.11. The molecule has 1 amide bonds. The van der Waals surface area contributed by atoms with Gasteiger partial charge in [-0.1, -0.05) is 41.4 Å². The minimum absolute atomic E-state index is 0.0457. The summed E-state index contributed by atoms with van der Waals surface area (Å²) >= 11 is 6.36. The van der Waals surface area contributed by atoms with Crippen molar-refractivity contribution in [2.24, 2.45) is 0 Å². The van der Waals surface area contributed by atoms with Crippen LogP contribution in [0.1, 0.15) is 28.1 Å². The molecule has 0 saturated carbocycles. The van der Waals surface area contributed by atoms with Crippen LogP contribution in [0.4, 0.5) is 5.69 Å². The number of carbonyl (C=O) groups is 1. The van der Waals surface area contributed by atoms with Crippen LogP contribution in [0.5, 0.6) is 0 Å². The Labute approximate surface area is 176 Å². The molecule has 0 unspecified atom stereocenters. The minimum atomic E-state index is -0.429. The van der Waals surface area contributed by atoms with E-state index >= 15 is 0 Å². The summed E-state index contributed by atoms with van der Waals surface area (Å²) < 4.78 is 2.02. The third-order valence-electron chi connectivity index (χ3n) is 4.86. The van der Waals surface area contributed by atoms with Crippen molar-refractivity contribution in [3.8, 4) is 11.8 Å². The first-order valence-electron chi connectivity index (χ1n) is 9.26. The highest BCUT2D eigenvalue weighted by Gasteiger charge is 2.15. The lowest BCUT2D eigenvalue weighted by atomic mass is 10.1. The first-order chi connectivity index (χ1) is 13.8. The van der Waals surface area contributed by atoms with Crippen LogP contribution < -0.4 is 5.32 Å². The number of anilines is 1. The van der Waals surface area contributed by atoms with Crippen molar-refractivity contribution in [1.82, 2.24) is 4.57 Å². The molecule has 1 aromatic heterocycles. The van der Waals surface area contributed by atoms with Gasteiger partial charge >= 0.3 is 0 Å². The molecular weight excluding hydrogens is 382 g/mol. The van der Waals surface area contributed by atoms with Gasteiger partial charge in [-0.3, -0.25) is 4.79 Å². The Hall–Kier alpha value is -3.29. The van der Waals surface area contributed by atoms with Gasteiger partial charge in [-0.25, -0.2) is 0 Å². The highest BCUT2D eigenvalue weighted by atomic mass is 35.5. The van der Waals surface area contributed by atoms with Gasteiger partial charge in [0.2, 0.25) is 0 Å². The second kappa shape index (κ2) is 8.38. The standard InChI is InChI=1S/C24H22ClN3O/c1-15-9-10-22(16(2)11-15)27-24(29)20(14-26)13-19-12-17(3)28(18(19)4)23-8-6-5-7-21(23)25/h5-13H,1-4H3,(H,27,29)/b20-13+. The van der Waals surface area contributed by atoms with Crippen LogP contribution in [-0.4, -0.2) is 10.5 Å². The van der Waals surface area contributed by atoms with Gasteiger partial charge in [0.05, 0.1) is 10.7 Å². The second-order valence-electron chi connectivity index (χ2n) is 7.06. The zero-order valence-corrected chi connectivity index (χ0v) is 17.6. The molecule has 2 aromatic carbocycles. The summed E-state index contributed by atoms with van der Waals surface area (Å²) in [6, 6.07) is 17.3. The van der Waals surface area contributed by atoms with Crippen molar-refractivity contribution in [2.45, 2.75) is 27.7 Å². The number of aromatic nitrogens is 1. The van der Waals surface area contributed by atoms with Crippen LogP contribution in [0.15, 0.2) is 54.1 Å². The SMILES string of the molecule is Cc1ccc(NC(=O)/C(C#N)=C/c2cc(C)n(-c3ccccc3Cl)c2C)c(C)c1. The van der Waals surface area contributed by atoms with Gasteiger partial charge in [-0.2, -0.15) is 5.26 Å². The largest absolute Gasteiger partial charge is 0.321 e. The van der Waals surface area contributed by atoms with E-state index in [0.29, 0.717) is 10.7 Å². The molecule has 29 heavy (non-hydrogen) atoms. The van der Waals surface area contributed by atoms with E-state index in [9.17, 15) is 10.1 Å². The zero-order valence-electron chi connectivity index (χ0n) is 16.9. The van der Waals surface area contributed by atoms with Crippen LogP contribution in [-0.2, 0) is 4.79 Å². The summed E-state index contributed by atoms with van der Waals surface area (Å²) in [5.74, 6) is -0.429. The van der Waals surface area contributed by atoms with E-state index < -0.39 is 5.91 Å². The van der Waals surface area contributed by atoms with Crippen molar-refractivity contribution in [3.63, 3.8) is 0 Å². The Bertz CT molecular complexity index is 1170. The Morgan fingerprint density at radius 1 is 1.10 bits per heavy atom. The molecule has 0 atom stereocenters. The molecule has 0 spiro atoms. The van der Waals surface area contributed by atoms with E-state index in [4.69, 9.17) is 11.6 Å². The average molecular weight is 404 g/mol. The van der Waals surface area contributed by atoms with E-state index in [1.807, 2.05) is 86.9 Å². The van der Waals surface area contributed by atoms with E-state index in [-0.39, 0.29) is 5.57 Å².